The van der Waals surface area contributed by atoms with E-state index in [2.05, 4.69) is 4.98 Å². The minimum Gasteiger partial charge on any atom is -0.478 e. The molecule has 4 heteroatoms. The Morgan fingerprint density at radius 1 is 1.00 bits per heavy atom. The monoisotopic (exact) mass is 316 g/mol. The highest BCUT2D eigenvalue weighted by atomic mass is 16.4. The van der Waals surface area contributed by atoms with Crippen molar-refractivity contribution in [2.75, 3.05) is 0 Å². The predicted molar refractivity (Wildman–Crippen MR) is 95.0 cm³/mol. The number of hydrogen-bond acceptors (Lipinski definition) is 2. The lowest BCUT2D eigenvalue weighted by Gasteiger charge is -2.15. The number of aromatic carboxylic acids is 1. The van der Waals surface area contributed by atoms with Crippen molar-refractivity contribution in [3.63, 3.8) is 0 Å². The number of aromatic nitrogens is 2. The zero-order chi connectivity index (χ0) is 16.8. The fourth-order valence-corrected chi connectivity index (χ4v) is 3.47. The first-order valence-corrected chi connectivity index (χ1v) is 7.77. The summed E-state index contributed by atoms with van der Waals surface area (Å²) in [5, 5.41) is 11.4. The standard InChI is InChI=1S/C20H16N2O2/c1-12-9-10-16-14(7-5-11-21-16)19(12)22-13(2)18(20(23)24)15-6-3-4-8-17(15)22/h3-11H,1-2H3,(H,23,24). The first kappa shape index (κ1) is 14.5. The fraction of sp³-hybridized carbons (Fsp3) is 0.100. The Morgan fingerprint density at radius 3 is 2.54 bits per heavy atom. The van der Waals surface area contributed by atoms with E-state index < -0.39 is 5.97 Å². The third-order valence-corrected chi connectivity index (χ3v) is 4.51. The molecule has 0 aliphatic heterocycles. The topological polar surface area (TPSA) is 55.1 Å². The summed E-state index contributed by atoms with van der Waals surface area (Å²) in [6, 6.07) is 15.6. The lowest BCUT2D eigenvalue weighted by Crippen LogP contribution is -2.04. The van der Waals surface area contributed by atoms with Gasteiger partial charge in [0.05, 0.1) is 22.3 Å². The molecule has 0 amide bonds. The summed E-state index contributed by atoms with van der Waals surface area (Å²) in [4.78, 5) is 16.2. The van der Waals surface area contributed by atoms with E-state index >= 15 is 0 Å². The highest BCUT2D eigenvalue weighted by Gasteiger charge is 2.21. The number of rotatable bonds is 2. The SMILES string of the molecule is Cc1ccc2ncccc2c1-n1c(C)c(C(=O)O)c2ccccc21. The van der Waals surface area contributed by atoms with Crippen molar-refractivity contribution >= 4 is 27.8 Å². The van der Waals surface area contributed by atoms with Gasteiger partial charge in [-0.2, -0.15) is 0 Å². The summed E-state index contributed by atoms with van der Waals surface area (Å²) < 4.78 is 2.04. The van der Waals surface area contributed by atoms with Gasteiger partial charge in [-0.3, -0.25) is 4.98 Å². The van der Waals surface area contributed by atoms with Crippen LogP contribution in [0.4, 0.5) is 0 Å². The fourth-order valence-electron chi connectivity index (χ4n) is 3.47. The summed E-state index contributed by atoms with van der Waals surface area (Å²) in [7, 11) is 0. The summed E-state index contributed by atoms with van der Waals surface area (Å²) in [6.45, 7) is 3.90. The van der Waals surface area contributed by atoms with Crippen LogP contribution in [0.2, 0.25) is 0 Å². The summed E-state index contributed by atoms with van der Waals surface area (Å²) in [5.74, 6) is -0.904. The molecule has 0 aliphatic rings. The highest BCUT2D eigenvalue weighted by molar-refractivity contribution is 6.06. The van der Waals surface area contributed by atoms with E-state index in [0.717, 1.165) is 38.8 Å². The van der Waals surface area contributed by atoms with Crippen LogP contribution in [0.1, 0.15) is 21.6 Å². The molecule has 0 saturated carbocycles. The maximum absolute atomic E-state index is 11.8. The molecule has 24 heavy (non-hydrogen) atoms. The molecule has 0 atom stereocenters. The van der Waals surface area contributed by atoms with Crippen LogP contribution in [0, 0.1) is 13.8 Å². The molecule has 0 unspecified atom stereocenters. The Hall–Kier alpha value is -3.14. The van der Waals surface area contributed by atoms with Crippen molar-refractivity contribution in [3.05, 3.63) is 71.5 Å². The quantitative estimate of drug-likeness (QED) is 0.592. The van der Waals surface area contributed by atoms with E-state index in [9.17, 15) is 9.90 Å². The third kappa shape index (κ3) is 1.93. The van der Waals surface area contributed by atoms with Gasteiger partial charge in [0.15, 0.2) is 0 Å². The van der Waals surface area contributed by atoms with Crippen molar-refractivity contribution in [1.29, 1.82) is 0 Å². The molecule has 2 aromatic heterocycles. The van der Waals surface area contributed by atoms with Gasteiger partial charge in [0.1, 0.15) is 0 Å². The number of carboxylic acid groups (broad SMARTS) is 1. The van der Waals surface area contributed by atoms with Gasteiger partial charge in [-0.1, -0.05) is 24.3 Å². The molecule has 0 spiro atoms. The van der Waals surface area contributed by atoms with Crippen molar-refractivity contribution in [2.45, 2.75) is 13.8 Å². The van der Waals surface area contributed by atoms with Gasteiger partial charge in [0.2, 0.25) is 0 Å². The maximum atomic E-state index is 11.8. The van der Waals surface area contributed by atoms with Crippen LogP contribution in [-0.2, 0) is 0 Å². The van der Waals surface area contributed by atoms with E-state index in [1.54, 1.807) is 6.20 Å². The largest absolute Gasteiger partial charge is 0.478 e. The summed E-state index contributed by atoms with van der Waals surface area (Å²) in [6.07, 6.45) is 1.77. The van der Waals surface area contributed by atoms with Gasteiger partial charge in [0, 0.05) is 22.7 Å². The molecule has 0 fully saturated rings. The van der Waals surface area contributed by atoms with Crippen LogP contribution in [0.5, 0.6) is 0 Å². The number of hydrogen-bond donors (Lipinski definition) is 1. The molecule has 2 heterocycles. The maximum Gasteiger partial charge on any atom is 0.338 e. The molecule has 4 nitrogen and oxygen atoms in total. The Balaban J connectivity index is 2.22. The first-order valence-electron chi connectivity index (χ1n) is 7.77. The molecule has 4 aromatic rings. The van der Waals surface area contributed by atoms with Gasteiger partial charge in [-0.05, 0) is 43.7 Å². The van der Waals surface area contributed by atoms with Crippen LogP contribution < -0.4 is 0 Å². The smallest absolute Gasteiger partial charge is 0.338 e. The molecule has 0 radical (unpaired) electrons. The molecule has 1 N–H and O–H groups in total. The average Bonchev–Trinajstić information content (AvgIpc) is 2.87. The van der Waals surface area contributed by atoms with E-state index in [-0.39, 0.29) is 0 Å². The summed E-state index contributed by atoms with van der Waals surface area (Å²) >= 11 is 0. The molecular formula is C20H16N2O2. The Morgan fingerprint density at radius 2 is 1.75 bits per heavy atom. The van der Waals surface area contributed by atoms with Crippen LogP contribution >= 0.6 is 0 Å². The number of carboxylic acids is 1. The van der Waals surface area contributed by atoms with Gasteiger partial charge < -0.3 is 9.67 Å². The number of carbonyl (C=O) groups is 1. The average molecular weight is 316 g/mol. The number of benzene rings is 2. The zero-order valence-corrected chi connectivity index (χ0v) is 13.4. The molecule has 0 saturated heterocycles. The van der Waals surface area contributed by atoms with Crippen LogP contribution in [-0.4, -0.2) is 20.6 Å². The number of fused-ring (bicyclic) bond motifs is 2. The second-order valence-electron chi connectivity index (χ2n) is 5.92. The minimum atomic E-state index is -0.904. The van der Waals surface area contributed by atoms with E-state index in [1.165, 1.54) is 0 Å². The second-order valence-corrected chi connectivity index (χ2v) is 5.92. The minimum absolute atomic E-state index is 0.353. The molecule has 0 bridgehead atoms. The van der Waals surface area contributed by atoms with Crippen LogP contribution in [0.15, 0.2) is 54.7 Å². The molecule has 2 aromatic carbocycles. The van der Waals surface area contributed by atoms with Crippen molar-refractivity contribution in [2.24, 2.45) is 0 Å². The predicted octanol–water partition coefficient (Wildman–Crippen LogP) is 4.49. The van der Waals surface area contributed by atoms with Crippen LogP contribution in [0.3, 0.4) is 0 Å². The van der Waals surface area contributed by atoms with Gasteiger partial charge in [-0.25, -0.2) is 4.79 Å². The molecule has 4 rings (SSSR count). The van der Waals surface area contributed by atoms with E-state index in [4.69, 9.17) is 0 Å². The Bertz CT molecular complexity index is 1110. The molecular weight excluding hydrogens is 300 g/mol. The lowest BCUT2D eigenvalue weighted by molar-refractivity contribution is 0.0698. The number of aryl methyl sites for hydroxylation is 1. The second kappa shape index (κ2) is 5.20. The van der Waals surface area contributed by atoms with Gasteiger partial charge in [-0.15, -0.1) is 0 Å². The Labute approximate surface area is 139 Å². The number of pyridine rings is 1. The van der Waals surface area contributed by atoms with Crippen molar-refractivity contribution < 1.29 is 9.90 Å². The highest BCUT2D eigenvalue weighted by Crippen LogP contribution is 2.33. The van der Waals surface area contributed by atoms with Gasteiger partial charge in [0.25, 0.3) is 0 Å². The van der Waals surface area contributed by atoms with E-state index in [0.29, 0.717) is 5.56 Å². The molecule has 0 aliphatic carbocycles. The van der Waals surface area contributed by atoms with E-state index in [1.807, 2.05) is 66.9 Å². The Kier molecular flexibility index (Phi) is 3.13. The summed E-state index contributed by atoms with van der Waals surface area (Å²) in [5.41, 5.74) is 4.94. The number of nitrogens with zero attached hydrogens (tertiary/aromatic N) is 2. The zero-order valence-electron chi connectivity index (χ0n) is 13.4. The number of para-hydroxylation sites is 1. The normalized spacial score (nSPS) is 11.2. The van der Waals surface area contributed by atoms with Crippen molar-refractivity contribution in [1.82, 2.24) is 9.55 Å². The third-order valence-electron chi connectivity index (χ3n) is 4.51. The first-order chi connectivity index (χ1) is 11.6. The van der Waals surface area contributed by atoms with Gasteiger partial charge >= 0.3 is 5.97 Å². The van der Waals surface area contributed by atoms with Crippen molar-refractivity contribution in [3.8, 4) is 5.69 Å². The van der Waals surface area contributed by atoms with Crippen LogP contribution in [0.25, 0.3) is 27.5 Å². The lowest BCUT2D eigenvalue weighted by atomic mass is 10.1. The molecule has 118 valence electrons.